The van der Waals surface area contributed by atoms with Gasteiger partial charge in [-0.1, -0.05) is 11.6 Å². The van der Waals surface area contributed by atoms with Crippen LogP contribution in [0.4, 0.5) is 0 Å². The number of hydrogen-bond acceptors (Lipinski definition) is 4. The van der Waals surface area contributed by atoms with E-state index in [1.54, 1.807) is 23.2 Å². The number of hydrogen-bond donors (Lipinski definition) is 0. The smallest absolute Gasteiger partial charge is 0.164 e. The molecule has 0 N–H and O–H groups in total. The zero-order valence-electron chi connectivity index (χ0n) is 10.5. The third-order valence-electron chi connectivity index (χ3n) is 2.80. The minimum atomic E-state index is 0.393. The van der Waals surface area contributed by atoms with Crippen molar-refractivity contribution in [2.75, 3.05) is 0 Å². The Morgan fingerprint density at radius 2 is 2.16 bits per heavy atom. The van der Waals surface area contributed by atoms with E-state index in [0.29, 0.717) is 11.0 Å². The van der Waals surface area contributed by atoms with Crippen molar-refractivity contribution in [2.24, 2.45) is 7.05 Å². The highest BCUT2D eigenvalue weighted by Crippen LogP contribution is 2.26. The normalized spacial score (nSPS) is 10.9. The molecule has 0 radical (unpaired) electrons. The lowest BCUT2D eigenvalue weighted by molar-refractivity contribution is 0.535. The van der Waals surface area contributed by atoms with Gasteiger partial charge in [-0.3, -0.25) is 4.68 Å². The molecule has 0 aliphatic heterocycles. The average molecular weight is 275 g/mol. The predicted octanol–water partition coefficient (Wildman–Crippen LogP) is 3.10. The maximum atomic E-state index is 6.07. The molecule has 0 spiro atoms. The van der Waals surface area contributed by atoms with Crippen LogP contribution in [0.5, 0.6) is 0 Å². The third-order valence-corrected chi connectivity index (χ3v) is 2.99. The average Bonchev–Trinajstić information content (AvgIpc) is 2.97. The predicted molar refractivity (Wildman–Crippen MR) is 71.7 cm³/mol. The van der Waals surface area contributed by atoms with E-state index in [0.717, 1.165) is 22.6 Å². The Hall–Kier alpha value is -2.14. The second-order valence-corrected chi connectivity index (χ2v) is 4.58. The van der Waals surface area contributed by atoms with Gasteiger partial charge in [0, 0.05) is 24.9 Å². The van der Waals surface area contributed by atoms with Crippen molar-refractivity contribution in [1.82, 2.24) is 19.7 Å². The minimum Gasteiger partial charge on any atom is -0.469 e. The Morgan fingerprint density at radius 1 is 1.32 bits per heavy atom. The molecule has 0 saturated carbocycles. The molecule has 0 aliphatic rings. The molecule has 3 aromatic rings. The van der Waals surface area contributed by atoms with Crippen molar-refractivity contribution in [3.05, 3.63) is 41.7 Å². The van der Waals surface area contributed by atoms with Gasteiger partial charge in [-0.15, -0.1) is 0 Å². The summed E-state index contributed by atoms with van der Waals surface area (Å²) in [5.41, 5.74) is 2.48. The first-order valence-corrected chi connectivity index (χ1v) is 6.09. The molecule has 6 heteroatoms. The summed E-state index contributed by atoms with van der Waals surface area (Å²) in [5.74, 6) is 1.32. The molecular formula is C13H11ClN4O. The van der Waals surface area contributed by atoms with Gasteiger partial charge in [-0.2, -0.15) is 5.10 Å². The first-order valence-electron chi connectivity index (χ1n) is 5.71. The van der Waals surface area contributed by atoms with Crippen LogP contribution in [0, 0.1) is 6.92 Å². The number of nitrogens with zero attached hydrogens (tertiary/aromatic N) is 4. The van der Waals surface area contributed by atoms with Crippen LogP contribution in [0.1, 0.15) is 5.76 Å². The molecular weight excluding hydrogens is 264 g/mol. The van der Waals surface area contributed by atoms with Crippen LogP contribution in [0.15, 0.2) is 35.2 Å². The molecule has 19 heavy (non-hydrogen) atoms. The van der Waals surface area contributed by atoms with Gasteiger partial charge in [0.25, 0.3) is 0 Å². The highest BCUT2D eigenvalue weighted by atomic mass is 35.5. The van der Waals surface area contributed by atoms with Gasteiger partial charge < -0.3 is 4.42 Å². The molecule has 3 rings (SSSR count). The Balaban J connectivity index is 2.13. The van der Waals surface area contributed by atoms with E-state index in [1.807, 2.05) is 26.2 Å². The molecule has 0 bridgehead atoms. The maximum absolute atomic E-state index is 6.07. The molecule has 5 nitrogen and oxygen atoms in total. The van der Waals surface area contributed by atoms with Crippen LogP contribution in [0.2, 0.25) is 5.15 Å². The van der Waals surface area contributed by atoms with Crippen LogP contribution in [-0.2, 0) is 7.05 Å². The zero-order chi connectivity index (χ0) is 13.4. The Bertz CT molecular complexity index is 732. The lowest BCUT2D eigenvalue weighted by Gasteiger charge is -2.02. The molecule has 0 fully saturated rings. The third kappa shape index (κ3) is 2.24. The van der Waals surface area contributed by atoms with Gasteiger partial charge in [0.1, 0.15) is 10.9 Å². The van der Waals surface area contributed by atoms with E-state index in [9.17, 15) is 0 Å². The van der Waals surface area contributed by atoms with Crippen LogP contribution in [0.3, 0.4) is 0 Å². The van der Waals surface area contributed by atoms with E-state index < -0.39 is 0 Å². The highest BCUT2D eigenvalue weighted by molar-refractivity contribution is 6.29. The largest absolute Gasteiger partial charge is 0.469 e. The Morgan fingerprint density at radius 3 is 2.79 bits per heavy atom. The molecule has 3 heterocycles. The number of furan rings is 1. The summed E-state index contributed by atoms with van der Waals surface area (Å²) in [6, 6.07) is 3.55. The molecule has 0 saturated heterocycles. The first kappa shape index (κ1) is 11.9. The molecule has 0 amide bonds. The van der Waals surface area contributed by atoms with Crippen LogP contribution in [0.25, 0.3) is 22.6 Å². The quantitative estimate of drug-likeness (QED) is 0.674. The summed E-state index contributed by atoms with van der Waals surface area (Å²) in [7, 11) is 1.85. The Labute approximate surface area is 114 Å². The van der Waals surface area contributed by atoms with E-state index >= 15 is 0 Å². The summed E-state index contributed by atoms with van der Waals surface area (Å²) in [6.45, 7) is 1.86. The van der Waals surface area contributed by atoms with Crippen molar-refractivity contribution < 1.29 is 4.42 Å². The van der Waals surface area contributed by atoms with Gasteiger partial charge in [-0.05, 0) is 13.0 Å². The lowest BCUT2D eigenvalue weighted by atomic mass is 10.2. The molecule has 0 atom stereocenters. The number of aromatic nitrogens is 4. The second kappa shape index (κ2) is 4.51. The Kier molecular flexibility index (Phi) is 2.83. The van der Waals surface area contributed by atoms with E-state index in [2.05, 4.69) is 15.1 Å². The first-order chi connectivity index (χ1) is 9.13. The van der Waals surface area contributed by atoms with Gasteiger partial charge >= 0.3 is 0 Å². The van der Waals surface area contributed by atoms with Crippen LogP contribution < -0.4 is 0 Å². The fraction of sp³-hybridized carbons (Fsp3) is 0.154. The van der Waals surface area contributed by atoms with Crippen LogP contribution >= 0.6 is 11.6 Å². The van der Waals surface area contributed by atoms with Gasteiger partial charge in [0.15, 0.2) is 5.82 Å². The number of aryl methyl sites for hydroxylation is 2. The monoisotopic (exact) mass is 274 g/mol. The SMILES string of the molecule is Cc1occc1-c1nc(Cl)cc(-c2cnn(C)c2)n1. The summed E-state index contributed by atoms with van der Waals surface area (Å²) in [4.78, 5) is 8.75. The van der Waals surface area contributed by atoms with Gasteiger partial charge in [-0.25, -0.2) is 9.97 Å². The molecule has 0 aliphatic carbocycles. The second-order valence-electron chi connectivity index (χ2n) is 4.19. The van der Waals surface area contributed by atoms with Crippen molar-refractivity contribution in [3.8, 4) is 22.6 Å². The minimum absolute atomic E-state index is 0.393. The fourth-order valence-electron chi connectivity index (χ4n) is 1.86. The van der Waals surface area contributed by atoms with E-state index in [4.69, 9.17) is 16.0 Å². The molecule has 96 valence electrons. The molecule has 3 aromatic heterocycles. The van der Waals surface area contributed by atoms with Crippen molar-refractivity contribution in [2.45, 2.75) is 6.92 Å². The van der Waals surface area contributed by atoms with Crippen molar-refractivity contribution in [3.63, 3.8) is 0 Å². The molecule has 0 unspecified atom stereocenters. The zero-order valence-corrected chi connectivity index (χ0v) is 11.2. The van der Waals surface area contributed by atoms with Crippen LogP contribution in [-0.4, -0.2) is 19.7 Å². The topological polar surface area (TPSA) is 56.7 Å². The molecule has 0 aromatic carbocycles. The summed E-state index contributed by atoms with van der Waals surface area (Å²) in [6.07, 6.45) is 5.23. The van der Waals surface area contributed by atoms with Gasteiger partial charge in [0.2, 0.25) is 0 Å². The number of halogens is 1. The summed E-state index contributed by atoms with van der Waals surface area (Å²) < 4.78 is 6.99. The van der Waals surface area contributed by atoms with Gasteiger partial charge in [0.05, 0.1) is 23.7 Å². The standard InChI is InChI=1S/C13H11ClN4O/c1-8-10(3-4-19-8)13-16-11(5-12(14)17-13)9-6-15-18(2)7-9/h3-7H,1-2H3. The van der Waals surface area contributed by atoms with E-state index in [-0.39, 0.29) is 0 Å². The lowest BCUT2D eigenvalue weighted by Crippen LogP contribution is -1.92. The van der Waals surface area contributed by atoms with Crippen molar-refractivity contribution in [1.29, 1.82) is 0 Å². The maximum Gasteiger partial charge on any atom is 0.164 e. The summed E-state index contributed by atoms with van der Waals surface area (Å²) in [5, 5.41) is 4.52. The van der Waals surface area contributed by atoms with Crippen molar-refractivity contribution >= 4 is 11.6 Å². The van der Waals surface area contributed by atoms with E-state index in [1.165, 1.54) is 0 Å². The summed E-state index contributed by atoms with van der Waals surface area (Å²) >= 11 is 6.07. The fourth-order valence-corrected chi connectivity index (χ4v) is 2.04. The number of rotatable bonds is 2. The highest BCUT2D eigenvalue weighted by Gasteiger charge is 2.12.